The van der Waals surface area contributed by atoms with Crippen LogP contribution in [0, 0.1) is 0 Å². The summed E-state index contributed by atoms with van der Waals surface area (Å²) in [5.41, 5.74) is 0.729. The van der Waals surface area contributed by atoms with Gasteiger partial charge < -0.3 is 5.32 Å². The number of aromatic amines is 1. The van der Waals surface area contributed by atoms with Crippen molar-refractivity contribution in [3.63, 3.8) is 0 Å². The number of H-pyrrole nitrogens is 1. The SMILES string of the molecule is O=C(Nc1ccc(S(=O)(=O)Nc2nccs2)cc1)c1[nH]ncc1Br. The first-order valence-electron chi connectivity index (χ1n) is 6.48. The van der Waals surface area contributed by atoms with Crippen molar-refractivity contribution < 1.29 is 13.2 Å². The van der Waals surface area contributed by atoms with Gasteiger partial charge in [0.05, 0.1) is 15.6 Å². The van der Waals surface area contributed by atoms with Gasteiger partial charge in [-0.05, 0) is 40.2 Å². The van der Waals surface area contributed by atoms with Gasteiger partial charge in [0.15, 0.2) is 5.13 Å². The number of amides is 1. The molecule has 0 aliphatic rings. The molecule has 0 radical (unpaired) electrons. The first kappa shape index (κ1) is 16.6. The quantitative estimate of drug-likeness (QED) is 0.578. The third kappa shape index (κ3) is 3.63. The number of halogens is 1. The van der Waals surface area contributed by atoms with Gasteiger partial charge in [-0.2, -0.15) is 5.10 Å². The minimum atomic E-state index is -3.72. The maximum absolute atomic E-state index is 12.2. The van der Waals surface area contributed by atoms with Crippen molar-refractivity contribution in [1.82, 2.24) is 15.2 Å². The van der Waals surface area contributed by atoms with E-state index in [0.717, 1.165) is 0 Å². The van der Waals surface area contributed by atoms with Gasteiger partial charge >= 0.3 is 0 Å². The van der Waals surface area contributed by atoms with Gasteiger partial charge in [-0.25, -0.2) is 13.4 Å². The number of hydrogen-bond donors (Lipinski definition) is 3. The van der Waals surface area contributed by atoms with E-state index in [9.17, 15) is 13.2 Å². The number of carbonyl (C=O) groups excluding carboxylic acids is 1. The van der Waals surface area contributed by atoms with E-state index in [1.165, 1.54) is 48.0 Å². The van der Waals surface area contributed by atoms with Crippen molar-refractivity contribution in [2.45, 2.75) is 4.90 Å². The molecule has 0 saturated heterocycles. The standard InChI is InChI=1S/C13H10BrN5O3S2/c14-10-7-16-18-11(10)12(20)17-8-1-3-9(4-2-8)24(21,22)19-13-15-5-6-23-13/h1-7H,(H,15,19)(H,16,18)(H,17,20). The molecule has 11 heteroatoms. The van der Waals surface area contributed by atoms with E-state index in [1.807, 2.05) is 0 Å². The third-order valence-corrected chi connectivity index (χ3v) is 5.67. The molecule has 24 heavy (non-hydrogen) atoms. The van der Waals surface area contributed by atoms with E-state index in [1.54, 1.807) is 5.38 Å². The molecule has 0 aliphatic heterocycles. The Balaban J connectivity index is 1.73. The van der Waals surface area contributed by atoms with E-state index in [2.05, 4.69) is 41.2 Å². The summed E-state index contributed by atoms with van der Waals surface area (Å²) in [6.45, 7) is 0. The van der Waals surface area contributed by atoms with Crippen molar-refractivity contribution in [3.8, 4) is 0 Å². The maximum atomic E-state index is 12.2. The average molecular weight is 428 g/mol. The largest absolute Gasteiger partial charge is 0.321 e. The summed E-state index contributed by atoms with van der Waals surface area (Å²) < 4.78 is 27.3. The second-order valence-corrected chi connectivity index (χ2v) is 7.95. The van der Waals surface area contributed by atoms with Crippen LogP contribution in [0.3, 0.4) is 0 Å². The molecule has 1 amide bonds. The van der Waals surface area contributed by atoms with Crippen LogP contribution in [-0.2, 0) is 10.0 Å². The Hall–Kier alpha value is -2.24. The molecule has 2 aromatic heterocycles. The summed E-state index contributed by atoms with van der Waals surface area (Å²) in [5, 5.41) is 10.9. The average Bonchev–Trinajstić information content (AvgIpc) is 3.19. The lowest BCUT2D eigenvalue weighted by Crippen LogP contribution is -2.14. The van der Waals surface area contributed by atoms with Gasteiger partial charge in [0.25, 0.3) is 15.9 Å². The second-order valence-electron chi connectivity index (χ2n) is 4.51. The minimum Gasteiger partial charge on any atom is -0.321 e. The number of aromatic nitrogens is 3. The molecule has 0 bridgehead atoms. The fraction of sp³-hybridized carbons (Fsp3) is 0. The van der Waals surface area contributed by atoms with E-state index in [-0.39, 0.29) is 15.7 Å². The molecule has 0 spiro atoms. The molecule has 3 N–H and O–H groups in total. The van der Waals surface area contributed by atoms with Crippen LogP contribution >= 0.6 is 27.3 Å². The van der Waals surface area contributed by atoms with Crippen LogP contribution in [0.1, 0.15) is 10.5 Å². The lowest BCUT2D eigenvalue weighted by Gasteiger charge is -2.07. The zero-order chi connectivity index (χ0) is 17.2. The molecule has 0 aliphatic carbocycles. The van der Waals surface area contributed by atoms with Crippen molar-refractivity contribution in [2.75, 3.05) is 10.0 Å². The first-order valence-corrected chi connectivity index (χ1v) is 9.64. The maximum Gasteiger partial charge on any atom is 0.274 e. The molecular formula is C13H10BrN5O3S2. The Bertz CT molecular complexity index is 952. The van der Waals surface area contributed by atoms with Crippen LogP contribution in [0.15, 0.2) is 51.4 Å². The number of sulfonamides is 1. The van der Waals surface area contributed by atoms with Crippen LogP contribution in [0.4, 0.5) is 10.8 Å². The van der Waals surface area contributed by atoms with Gasteiger partial charge in [0.1, 0.15) is 5.69 Å². The predicted octanol–water partition coefficient (Wildman–Crippen LogP) is 2.68. The van der Waals surface area contributed by atoms with Crippen LogP contribution in [0.5, 0.6) is 0 Å². The van der Waals surface area contributed by atoms with Gasteiger partial charge in [0, 0.05) is 17.3 Å². The van der Waals surface area contributed by atoms with Crippen LogP contribution < -0.4 is 10.0 Å². The third-order valence-electron chi connectivity index (χ3n) is 2.90. The summed E-state index contributed by atoms with van der Waals surface area (Å²) in [6.07, 6.45) is 2.98. The molecule has 2 heterocycles. The Morgan fingerprint density at radius 3 is 2.58 bits per heavy atom. The summed E-state index contributed by atoms with van der Waals surface area (Å²) >= 11 is 4.38. The molecular weight excluding hydrogens is 418 g/mol. The molecule has 0 saturated carbocycles. The number of benzene rings is 1. The number of thiazole rings is 1. The molecule has 3 aromatic rings. The Morgan fingerprint density at radius 1 is 1.25 bits per heavy atom. The van der Waals surface area contributed by atoms with E-state index >= 15 is 0 Å². The Morgan fingerprint density at radius 2 is 2.00 bits per heavy atom. The van der Waals surface area contributed by atoms with E-state index in [0.29, 0.717) is 10.2 Å². The highest BCUT2D eigenvalue weighted by Crippen LogP contribution is 2.20. The fourth-order valence-electron chi connectivity index (χ4n) is 1.79. The molecule has 124 valence electrons. The van der Waals surface area contributed by atoms with Crippen molar-refractivity contribution in [2.24, 2.45) is 0 Å². The zero-order valence-corrected chi connectivity index (χ0v) is 15.1. The predicted molar refractivity (Wildman–Crippen MR) is 93.6 cm³/mol. The highest BCUT2D eigenvalue weighted by Gasteiger charge is 2.16. The summed E-state index contributed by atoms with van der Waals surface area (Å²) in [6, 6.07) is 5.79. The summed E-state index contributed by atoms with van der Waals surface area (Å²) in [7, 11) is -3.72. The molecule has 0 unspecified atom stereocenters. The van der Waals surface area contributed by atoms with Crippen molar-refractivity contribution in [1.29, 1.82) is 0 Å². The van der Waals surface area contributed by atoms with Crippen molar-refractivity contribution >= 4 is 54.0 Å². The molecule has 1 aromatic carbocycles. The van der Waals surface area contributed by atoms with Gasteiger partial charge in [-0.3, -0.25) is 14.6 Å². The summed E-state index contributed by atoms with van der Waals surface area (Å²) in [4.78, 5) is 16.0. The lowest BCUT2D eigenvalue weighted by atomic mass is 10.3. The number of carbonyl (C=O) groups is 1. The highest BCUT2D eigenvalue weighted by atomic mass is 79.9. The Labute approximate surface area is 149 Å². The normalized spacial score (nSPS) is 11.2. The Kier molecular flexibility index (Phi) is 4.64. The van der Waals surface area contributed by atoms with Crippen LogP contribution in [0.25, 0.3) is 0 Å². The minimum absolute atomic E-state index is 0.0680. The van der Waals surface area contributed by atoms with Gasteiger partial charge in [-0.1, -0.05) is 0 Å². The number of rotatable bonds is 5. The monoisotopic (exact) mass is 427 g/mol. The topological polar surface area (TPSA) is 117 Å². The summed E-state index contributed by atoms with van der Waals surface area (Å²) in [5.74, 6) is -0.393. The second kappa shape index (κ2) is 6.71. The lowest BCUT2D eigenvalue weighted by molar-refractivity contribution is 0.102. The molecule has 8 nitrogen and oxygen atoms in total. The highest BCUT2D eigenvalue weighted by molar-refractivity contribution is 9.10. The van der Waals surface area contributed by atoms with E-state index in [4.69, 9.17) is 0 Å². The van der Waals surface area contributed by atoms with Crippen molar-refractivity contribution in [3.05, 3.63) is 52.2 Å². The molecule has 3 rings (SSSR count). The fourth-order valence-corrected chi connectivity index (χ4v) is 3.95. The number of nitrogens with zero attached hydrogens (tertiary/aromatic N) is 2. The number of nitrogens with one attached hydrogen (secondary N) is 3. The van der Waals surface area contributed by atoms with E-state index < -0.39 is 15.9 Å². The first-order chi connectivity index (χ1) is 11.5. The zero-order valence-electron chi connectivity index (χ0n) is 11.9. The number of hydrogen-bond acceptors (Lipinski definition) is 6. The van der Waals surface area contributed by atoms with Gasteiger partial charge in [-0.15, -0.1) is 11.3 Å². The van der Waals surface area contributed by atoms with Gasteiger partial charge in [0.2, 0.25) is 0 Å². The number of anilines is 2. The molecule has 0 atom stereocenters. The van der Waals surface area contributed by atoms with Crippen LogP contribution in [0.2, 0.25) is 0 Å². The molecule has 0 fully saturated rings. The van der Waals surface area contributed by atoms with Crippen LogP contribution in [-0.4, -0.2) is 29.5 Å². The smallest absolute Gasteiger partial charge is 0.274 e.